The Labute approximate surface area is 98.9 Å². The number of benzene rings is 1. The summed E-state index contributed by atoms with van der Waals surface area (Å²) in [5, 5.41) is 0. The molecule has 0 bridgehead atoms. The second-order valence-corrected chi connectivity index (χ2v) is 5.08. The molecule has 0 atom stereocenters. The molecule has 1 aromatic rings. The Balaban J connectivity index is 2.53. The lowest BCUT2D eigenvalue weighted by molar-refractivity contribution is 0.250. The van der Waals surface area contributed by atoms with E-state index in [0.29, 0.717) is 0 Å². The number of aryl methyl sites for hydroxylation is 1. The molecule has 0 aliphatic heterocycles. The predicted molar refractivity (Wildman–Crippen MR) is 65.1 cm³/mol. The summed E-state index contributed by atoms with van der Waals surface area (Å²) in [4.78, 5) is 0. The zero-order valence-corrected chi connectivity index (χ0v) is 10.7. The maximum Gasteiger partial charge on any atom is 0.133 e. The number of hydrogen-bond acceptors (Lipinski definition) is 2. The molecular weight excluding hydrogens is 254 g/mol. The minimum atomic E-state index is -0.141. The lowest BCUT2D eigenvalue weighted by Gasteiger charge is -2.40. The van der Waals surface area contributed by atoms with E-state index in [2.05, 4.69) is 28.9 Å². The van der Waals surface area contributed by atoms with Gasteiger partial charge in [-0.3, -0.25) is 0 Å². The molecule has 0 aromatic heterocycles. The Morgan fingerprint density at radius 2 is 2.07 bits per heavy atom. The van der Waals surface area contributed by atoms with E-state index in [-0.39, 0.29) is 5.54 Å². The monoisotopic (exact) mass is 269 g/mol. The summed E-state index contributed by atoms with van der Waals surface area (Å²) in [5.41, 5.74) is 8.68. The Hall–Kier alpha value is -0.540. The third kappa shape index (κ3) is 1.68. The van der Waals surface area contributed by atoms with Crippen LogP contribution in [-0.4, -0.2) is 7.11 Å². The van der Waals surface area contributed by atoms with Crippen molar-refractivity contribution in [1.29, 1.82) is 0 Å². The zero-order valence-electron chi connectivity index (χ0n) is 9.14. The minimum Gasteiger partial charge on any atom is -0.496 e. The van der Waals surface area contributed by atoms with Crippen LogP contribution >= 0.6 is 15.9 Å². The van der Waals surface area contributed by atoms with Crippen LogP contribution in [0.15, 0.2) is 16.6 Å². The van der Waals surface area contributed by atoms with E-state index in [1.165, 1.54) is 17.5 Å². The minimum absolute atomic E-state index is 0.141. The Kier molecular flexibility index (Phi) is 2.77. The molecule has 0 unspecified atom stereocenters. The van der Waals surface area contributed by atoms with E-state index in [9.17, 15) is 0 Å². The molecule has 0 spiro atoms. The Bertz CT molecular complexity index is 385. The number of hydrogen-bond donors (Lipinski definition) is 1. The highest BCUT2D eigenvalue weighted by atomic mass is 79.9. The van der Waals surface area contributed by atoms with Gasteiger partial charge in [0.25, 0.3) is 0 Å². The molecule has 0 heterocycles. The fourth-order valence-corrected chi connectivity index (χ4v) is 3.23. The van der Waals surface area contributed by atoms with Crippen molar-refractivity contribution in [3.05, 3.63) is 27.7 Å². The molecule has 0 radical (unpaired) electrons. The van der Waals surface area contributed by atoms with Crippen LogP contribution in [0.2, 0.25) is 0 Å². The van der Waals surface area contributed by atoms with Gasteiger partial charge in [0, 0.05) is 5.54 Å². The van der Waals surface area contributed by atoms with Crippen LogP contribution < -0.4 is 10.5 Å². The van der Waals surface area contributed by atoms with Crippen molar-refractivity contribution in [2.45, 2.75) is 31.7 Å². The fraction of sp³-hybridized carbons (Fsp3) is 0.500. The van der Waals surface area contributed by atoms with Crippen LogP contribution in [0.1, 0.15) is 30.4 Å². The lowest BCUT2D eigenvalue weighted by atomic mass is 9.71. The molecule has 2 rings (SSSR count). The summed E-state index contributed by atoms with van der Waals surface area (Å²) in [6.07, 6.45) is 3.36. The molecule has 1 aliphatic carbocycles. The van der Waals surface area contributed by atoms with Crippen molar-refractivity contribution in [3.63, 3.8) is 0 Å². The topological polar surface area (TPSA) is 35.2 Å². The van der Waals surface area contributed by atoms with Crippen LogP contribution in [0.3, 0.4) is 0 Å². The lowest BCUT2D eigenvalue weighted by Crippen LogP contribution is -2.44. The normalized spacial score (nSPS) is 18.4. The van der Waals surface area contributed by atoms with Gasteiger partial charge in [0.1, 0.15) is 5.75 Å². The average molecular weight is 270 g/mol. The summed E-state index contributed by atoms with van der Waals surface area (Å²) < 4.78 is 6.32. The van der Waals surface area contributed by atoms with Gasteiger partial charge in [0.2, 0.25) is 0 Å². The summed E-state index contributed by atoms with van der Waals surface area (Å²) in [6.45, 7) is 2.10. The highest BCUT2D eigenvalue weighted by Crippen LogP contribution is 2.45. The van der Waals surface area contributed by atoms with Crippen molar-refractivity contribution < 1.29 is 4.74 Å². The quantitative estimate of drug-likeness (QED) is 0.896. The number of ether oxygens (including phenoxy) is 1. The molecule has 82 valence electrons. The molecule has 0 amide bonds. The average Bonchev–Trinajstić information content (AvgIpc) is 2.15. The largest absolute Gasteiger partial charge is 0.496 e. The SMILES string of the molecule is COc1ccc(C)c(C2(N)CCC2)c1Br. The van der Waals surface area contributed by atoms with Crippen molar-refractivity contribution in [2.24, 2.45) is 5.73 Å². The first-order valence-electron chi connectivity index (χ1n) is 5.21. The first kappa shape index (κ1) is 11.0. The Morgan fingerprint density at radius 1 is 1.40 bits per heavy atom. The van der Waals surface area contributed by atoms with E-state index in [4.69, 9.17) is 10.5 Å². The van der Waals surface area contributed by atoms with Crippen LogP contribution in [0.5, 0.6) is 5.75 Å². The van der Waals surface area contributed by atoms with Gasteiger partial charge in [0.05, 0.1) is 11.6 Å². The van der Waals surface area contributed by atoms with Crippen LogP contribution in [-0.2, 0) is 5.54 Å². The summed E-state index contributed by atoms with van der Waals surface area (Å²) in [5.74, 6) is 0.868. The van der Waals surface area contributed by atoms with E-state index < -0.39 is 0 Å². The van der Waals surface area contributed by atoms with Gasteiger partial charge in [0.15, 0.2) is 0 Å². The first-order chi connectivity index (χ1) is 7.08. The molecule has 1 aromatic carbocycles. The second-order valence-electron chi connectivity index (χ2n) is 4.28. The van der Waals surface area contributed by atoms with E-state index in [1.54, 1.807) is 7.11 Å². The number of rotatable bonds is 2. The highest BCUT2D eigenvalue weighted by Gasteiger charge is 2.37. The van der Waals surface area contributed by atoms with Gasteiger partial charge < -0.3 is 10.5 Å². The standard InChI is InChI=1S/C12H16BrNO/c1-8-4-5-9(15-2)11(13)10(8)12(14)6-3-7-12/h4-5H,3,6-7,14H2,1-2H3. The van der Waals surface area contributed by atoms with Gasteiger partial charge >= 0.3 is 0 Å². The molecule has 2 nitrogen and oxygen atoms in total. The second kappa shape index (κ2) is 3.80. The number of halogens is 1. The maximum absolute atomic E-state index is 6.36. The van der Waals surface area contributed by atoms with Crippen molar-refractivity contribution in [3.8, 4) is 5.75 Å². The molecule has 15 heavy (non-hydrogen) atoms. The van der Waals surface area contributed by atoms with Crippen molar-refractivity contribution in [1.82, 2.24) is 0 Å². The van der Waals surface area contributed by atoms with Crippen molar-refractivity contribution in [2.75, 3.05) is 7.11 Å². The molecule has 3 heteroatoms. The van der Waals surface area contributed by atoms with Gasteiger partial charge in [-0.2, -0.15) is 0 Å². The third-order valence-corrected chi connectivity index (χ3v) is 4.07. The predicted octanol–water partition coefficient (Wildman–Crippen LogP) is 3.10. The zero-order chi connectivity index (χ0) is 11.1. The van der Waals surface area contributed by atoms with E-state index in [0.717, 1.165) is 23.1 Å². The first-order valence-corrected chi connectivity index (χ1v) is 6.00. The molecule has 1 fully saturated rings. The molecule has 2 N–H and O–H groups in total. The summed E-state index contributed by atoms with van der Waals surface area (Å²) in [6, 6.07) is 4.05. The number of methoxy groups -OCH3 is 1. The van der Waals surface area contributed by atoms with Gasteiger partial charge in [-0.05, 0) is 59.3 Å². The highest BCUT2D eigenvalue weighted by molar-refractivity contribution is 9.10. The van der Waals surface area contributed by atoms with Crippen molar-refractivity contribution >= 4 is 15.9 Å². The van der Waals surface area contributed by atoms with Gasteiger partial charge in [-0.25, -0.2) is 0 Å². The smallest absolute Gasteiger partial charge is 0.133 e. The molecule has 1 saturated carbocycles. The van der Waals surface area contributed by atoms with E-state index in [1.807, 2.05) is 6.07 Å². The third-order valence-electron chi connectivity index (χ3n) is 3.28. The fourth-order valence-electron chi connectivity index (χ4n) is 2.23. The summed E-state index contributed by atoms with van der Waals surface area (Å²) >= 11 is 3.60. The molecule has 0 saturated heterocycles. The van der Waals surface area contributed by atoms with Gasteiger partial charge in [-0.1, -0.05) is 6.07 Å². The molecular formula is C12H16BrNO. The number of nitrogens with two attached hydrogens (primary N) is 1. The van der Waals surface area contributed by atoms with Gasteiger partial charge in [-0.15, -0.1) is 0 Å². The molecule has 1 aliphatic rings. The van der Waals surface area contributed by atoms with Crippen LogP contribution in [0.25, 0.3) is 0 Å². The Morgan fingerprint density at radius 3 is 2.53 bits per heavy atom. The van der Waals surface area contributed by atoms with Crippen LogP contribution in [0.4, 0.5) is 0 Å². The van der Waals surface area contributed by atoms with Crippen LogP contribution in [0, 0.1) is 6.92 Å². The summed E-state index contributed by atoms with van der Waals surface area (Å²) in [7, 11) is 1.68. The van der Waals surface area contributed by atoms with E-state index >= 15 is 0 Å². The maximum atomic E-state index is 6.36.